The molecule has 0 saturated heterocycles. The Balaban J connectivity index is 2.53. The normalized spacial score (nSPS) is 9.83. The number of benzene rings is 1. The van der Waals surface area contributed by atoms with Crippen LogP contribution >= 0.6 is 0 Å². The number of rotatable bonds is 4. The molecule has 0 unspecified atom stereocenters. The first-order valence-electron chi connectivity index (χ1n) is 3.93. The van der Waals surface area contributed by atoms with Crippen molar-refractivity contribution in [2.24, 2.45) is 0 Å². The SMILES string of the molecule is COc1ccc([Te]CC[NH3+])cc1. The molecule has 0 bridgehead atoms. The van der Waals surface area contributed by atoms with Crippen molar-refractivity contribution in [2.75, 3.05) is 13.7 Å². The number of ether oxygens (including phenoxy) is 1. The third kappa shape index (κ3) is 3.02. The van der Waals surface area contributed by atoms with Crippen molar-refractivity contribution in [1.29, 1.82) is 0 Å². The molecule has 0 heterocycles. The molecule has 0 aliphatic rings. The Kier molecular flexibility index (Phi) is 4.45. The standard InChI is InChI=1S/C9H13NOTe/c1-11-8-2-4-9(5-3-8)12-7-6-10/h2-5H,6-7,10H2,1H3/p+1. The molecule has 0 aliphatic heterocycles. The van der Waals surface area contributed by atoms with Crippen molar-refractivity contribution in [3.05, 3.63) is 24.3 Å². The van der Waals surface area contributed by atoms with Gasteiger partial charge < -0.3 is 0 Å². The van der Waals surface area contributed by atoms with Gasteiger partial charge in [-0.25, -0.2) is 0 Å². The van der Waals surface area contributed by atoms with E-state index in [2.05, 4.69) is 17.9 Å². The molecule has 0 aliphatic carbocycles. The van der Waals surface area contributed by atoms with E-state index in [1.54, 1.807) is 7.11 Å². The van der Waals surface area contributed by atoms with Crippen LogP contribution in [-0.4, -0.2) is 34.6 Å². The van der Waals surface area contributed by atoms with Crippen LogP contribution in [0.5, 0.6) is 5.75 Å². The van der Waals surface area contributed by atoms with E-state index in [0.29, 0.717) is 0 Å². The van der Waals surface area contributed by atoms with Gasteiger partial charge in [0.05, 0.1) is 0 Å². The summed E-state index contributed by atoms with van der Waals surface area (Å²) < 4.78 is 7.86. The summed E-state index contributed by atoms with van der Waals surface area (Å²) in [4.78, 5) is 0. The second-order valence-corrected chi connectivity index (χ2v) is 5.71. The Labute approximate surface area is 83.2 Å². The quantitative estimate of drug-likeness (QED) is 0.754. The summed E-state index contributed by atoms with van der Waals surface area (Å²) in [5.41, 5.74) is 3.84. The molecule has 1 rings (SSSR count). The topological polar surface area (TPSA) is 36.9 Å². The maximum atomic E-state index is 5.08. The molecule has 0 spiro atoms. The summed E-state index contributed by atoms with van der Waals surface area (Å²) in [7, 11) is 1.70. The summed E-state index contributed by atoms with van der Waals surface area (Å²) in [6.45, 7) is 1.06. The predicted molar refractivity (Wildman–Crippen MR) is 50.9 cm³/mol. The van der Waals surface area contributed by atoms with E-state index >= 15 is 0 Å². The van der Waals surface area contributed by atoms with Crippen molar-refractivity contribution in [2.45, 2.75) is 4.47 Å². The van der Waals surface area contributed by atoms with Gasteiger partial charge in [-0.2, -0.15) is 0 Å². The molecule has 0 radical (unpaired) electrons. The van der Waals surface area contributed by atoms with Gasteiger partial charge in [0, 0.05) is 0 Å². The summed E-state index contributed by atoms with van der Waals surface area (Å²) in [6.07, 6.45) is 0. The van der Waals surface area contributed by atoms with Gasteiger partial charge >= 0.3 is 83.1 Å². The summed E-state index contributed by atoms with van der Waals surface area (Å²) in [6, 6.07) is 8.39. The molecule has 1 aromatic carbocycles. The van der Waals surface area contributed by atoms with Gasteiger partial charge in [0.2, 0.25) is 0 Å². The van der Waals surface area contributed by atoms with Crippen LogP contribution in [0.15, 0.2) is 24.3 Å². The number of hydrogen-bond donors (Lipinski definition) is 1. The van der Waals surface area contributed by atoms with Crippen LogP contribution in [0.1, 0.15) is 0 Å². The zero-order chi connectivity index (χ0) is 8.81. The molecular weight excluding hydrogens is 266 g/mol. The van der Waals surface area contributed by atoms with Crippen LogP contribution < -0.4 is 14.1 Å². The molecule has 3 heteroatoms. The Bertz CT molecular complexity index is 222. The molecule has 0 saturated carbocycles. The zero-order valence-electron chi connectivity index (χ0n) is 7.25. The Morgan fingerprint density at radius 3 is 2.50 bits per heavy atom. The second kappa shape index (κ2) is 5.42. The first-order valence-corrected chi connectivity index (χ1v) is 6.74. The van der Waals surface area contributed by atoms with Crippen molar-refractivity contribution in [3.8, 4) is 5.75 Å². The predicted octanol–water partition coefficient (Wildman–Crippen LogP) is -0.315. The van der Waals surface area contributed by atoms with Gasteiger partial charge in [-0.1, -0.05) is 0 Å². The second-order valence-electron chi connectivity index (χ2n) is 2.38. The van der Waals surface area contributed by atoms with Crippen molar-refractivity contribution < 1.29 is 10.5 Å². The fraction of sp³-hybridized carbons (Fsp3) is 0.333. The molecule has 0 amide bonds. The first kappa shape index (κ1) is 9.85. The minimum absolute atomic E-state index is 0.0219. The number of quaternary nitrogens is 1. The fourth-order valence-electron chi connectivity index (χ4n) is 0.862. The Hall–Kier alpha value is -0.230. The van der Waals surface area contributed by atoms with E-state index in [9.17, 15) is 0 Å². The van der Waals surface area contributed by atoms with E-state index in [1.165, 1.54) is 8.08 Å². The molecule has 0 fully saturated rings. The maximum absolute atomic E-state index is 5.08. The third-order valence-electron chi connectivity index (χ3n) is 1.47. The van der Waals surface area contributed by atoms with Crippen LogP contribution in [0.4, 0.5) is 0 Å². The van der Waals surface area contributed by atoms with E-state index in [4.69, 9.17) is 4.74 Å². The van der Waals surface area contributed by atoms with Crippen LogP contribution in [0.2, 0.25) is 4.47 Å². The number of methoxy groups -OCH3 is 1. The van der Waals surface area contributed by atoms with Crippen LogP contribution in [0.3, 0.4) is 0 Å². The molecule has 66 valence electrons. The van der Waals surface area contributed by atoms with Crippen LogP contribution in [0.25, 0.3) is 0 Å². The molecule has 2 nitrogen and oxygen atoms in total. The van der Waals surface area contributed by atoms with Crippen molar-refractivity contribution in [1.82, 2.24) is 0 Å². The summed E-state index contributed by atoms with van der Waals surface area (Å²) in [5.74, 6) is 0.945. The molecule has 0 atom stereocenters. The Morgan fingerprint density at radius 1 is 1.33 bits per heavy atom. The van der Waals surface area contributed by atoms with Gasteiger partial charge in [0.25, 0.3) is 0 Å². The van der Waals surface area contributed by atoms with Gasteiger partial charge in [0.15, 0.2) is 0 Å². The average Bonchev–Trinajstić information content (AvgIpc) is 2.15. The van der Waals surface area contributed by atoms with Crippen LogP contribution in [-0.2, 0) is 0 Å². The van der Waals surface area contributed by atoms with Crippen molar-refractivity contribution in [3.63, 3.8) is 0 Å². The van der Waals surface area contributed by atoms with E-state index in [-0.39, 0.29) is 20.9 Å². The minimum atomic E-state index is 0.0219. The summed E-state index contributed by atoms with van der Waals surface area (Å²) in [5, 5.41) is 0. The fourth-order valence-corrected chi connectivity index (χ4v) is 2.88. The van der Waals surface area contributed by atoms with Gasteiger partial charge in [-0.3, -0.25) is 0 Å². The van der Waals surface area contributed by atoms with Crippen LogP contribution in [0, 0.1) is 0 Å². The molecule has 0 aromatic heterocycles. The zero-order valence-corrected chi connectivity index (χ0v) is 9.58. The molecule has 1 aromatic rings. The average molecular weight is 280 g/mol. The van der Waals surface area contributed by atoms with E-state index in [0.717, 1.165) is 12.3 Å². The van der Waals surface area contributed by atoms with E-state index in [1.807, 2.05) is 12.1 Å². The first-order chi connectivity index (χ1) is 5.86. The summed E-state index contributed by atoms with van der Waals surface area (Å²) >= 11 is 0.0219. The third-order valence-corrected chi connectivity index (χ3v) is 4.61. The molecular formula is C9H14NOTe+. The number of hydrogen-bond acceptors (Lipinski definition) is 1. The van der Waals surface area contributed by atoms with Gasteiger partial charge in [0.1, 0.15) is 0 Å². The monoisotopic (exact) mass is 282 g/mol. The van der Waals surface area contributed by atoms with E-state index < -0.39 is 0 Å². The molecule has 12 heavy (non-hydrogen) atoms. The van der Waals surface area contributed by atoms with Gasteiger partial charge in [-0.15, -0.1) is 0 Å². The Morgan fingerprint density at radius 2 is 2.00 bits per heavy atom. The van der Waals surface area contributed by atoms with Gasteiger partial charge in [-0.05, 0) is 0 Å². The van der Waals surface area contributed by atoms with Crippen molar-refractivity contribution >= 4 is 24.5 Å². The molecule has 3 N–H and O–H groups in total.